The maximum absolute atomic E-state index is 11.2. The van der Waals surface area contributed by atoms with E-state index in [1.54, 1.807) is 6.26 Å². The second kappa shape index (κ2) is 4.75. The third-order valence-corrected chi connectivity index (χ3v) is 4.01. The van der Waals surface area contributed by atoms with E-state index in [4.69, 9.17) is 4.74 Å². The molecule has 0 aliphatic carbocycles. The number of ether oxygens (including phenoxy) is 1. The van der Waals surface area contributed by atoms with Gasteiger partial charge in [-0.05, 0) is 41.0 Å². The quantitative estimate of drug-likeness (QED) is 0.821. The third kappa shape index (κ3) is 3.82. The van der Waals surface area contributed by atoms with Crippen LogP contribution in [0.25, 0.3) is 0 Å². The van der Waals surface area contributed by atoms with Crippen LogP contribution >= 0.6 is 0 Å². The Morgan fingerprint density at radius 3 is 2.38 bits per heavy atom. The van der Waals surface area contributed by atoms with Crippen molar-refractivity contribution in [1.29, 1.82) is 0 Å². The fourth-order valence-corrected chi connectivity index (χ4v) is 3.37. The van der Waals surface area contributed by atoms with E-state index in [1.165, 1.54) is 0 Å². The number of nitrogens with one attached hydrogen (secondary N) is 1. The van der Waals surface area contributed by atoms with E-state index in [1.807, 2.05) is 0 Å². The maximum Gasteiger partial charge on any atom is 0.0787 e. The van der Waals surface area contributed by atoms with Crippen molar-refractivity contribution in [3.8, 4) is 0 Å². The summed E-state index contributed by atoms with van der Waals surface area (Å²) in [5.74, 6) is 0.701. The SMILES string of the molecule is CC(CS(C)=O)NC1CC(C)(C)OC1(C)C. The van der Waals surface area contributed by atoms with Crippen molar-refractivity contribution < 1.29 is 8.95 Å². The molecule has 0 amide bonds. The Kier molecular flexibility index (Phi) is 4.19. The van der Waals surface area contributed by atoms with Gasteiger partial charge in [0, 0.05) is 34.9 Å². The molecular weight excluding hydrogens is 222 g/mol. The van der Waals surface area contributed by atoms with E-state index in [0.717, 1.165) is 6.42 Å². The van der Waals surface area contributed by atoms with Crippen molar-refractivity contribution in [2.24, 2.45) is 0 Å². The summed E-state index contributed by atoms with van der Waals surface area (Å²) in [5, 5.41) is 3.54. The van der Waals surface area contributed by atoms with Crippen LogP contribution in [0.3, 0.4) is 0 Å². The van der Waals surface area contributed by atoms with Gasteiger partial charge in [0.1, 0.15) is 0 Å². The van der Waals surface area contributed by atoms with Crippen LogP contribution in [0.4, 0.5) is 0 Å². The molecule has 0 aromatic rings. The molecule has 0 radical (unpaired) electrons. The van der Waals surface area contributed by atoms with Crippen molar-refractivity contribution >= 4 is 10.8 Å². The molecule has 1 aliphatic rings. The Balaban J connectivity index is 2.57. The van der Waals surface area contributed by atoms with E-state index in [9.17, 15) is 4.21 Å². The summed E-state index contributed by atoms with van der Waals surface area (Å²) in [6.07, 6.45) is 2.75. The second-order valence-corrected chi connectivity index (χ2v) is 7.51. The molecule has 1 N–H and O–H groups in total. The first-order valence-electron chi connectivity index (χ1n) is 5.89. The van der Waals surface area contributed by atoms with Crippen molar-refractivity contribution in [1.82, 2.24) is 5.32 Å². The first kappa shape index (κ1) is 14.1. The fraction of sp³-hybridized carbons (Fsp3) is 1.00. The van der Waals surface area contributed by atoms with E-state index in [2.05, 4.69) is 39.9 Å². The highest BCUT2D eigenvalue weighted by Crippen LogP contribution is 2.37. The van der Waals surface area contributed by atoms with Gasteiger partial charge in [-0.25, -0.2) is 0 Å². The Hall–Kier alpha value is 0.0700. The number of rotatable bonds is 4. The minimum absolute atomic E-state index is 0.0632. The van der Waals surface area contributed by atoms with Crippen LogP contribution in [0, 0.1) is 0 Å². The highest BCUT2D eigenvalue weighted by Gasteiger charge is 2.45. The van der Waals surface area contributed by atoms with Crippen LogP contribution in [-0.4, -0.2) is 39.5 Å². The average Bonchev–Trinajstić information content (AvgIpc) is 2.16. The van der Waals surface area contributed by atoms with E-state index >= 15 is 0 Å². The lowest BCUT2D eigenvalue weighted by Gasteiger charge is -2.29. The third-order valence-electron chi connectivity index (χ3n) is 3.04. The van der Waals surface area contributed by atoms with Crippen LogP contribution in [0.5, 0.6) is 0 Å². The van der Waals surface area contributed by atoms with Gasteiger partial charge in [0.2, 0.25) is 0 Å². The van der Waals surface area contributed by atoms with Crippen molar-refractivity contribution in [3.63, 3.8) is 0 Å². The summed E-state index contributed by atoms with van der Waals surface area (Å²) in [4.78, 5) is 0. The van der Waals surface area contributed by atoms with Crippen LogP contribution < -0.4 is 5.32 Å². The van der Waals surface area contributed by atoms with Gasteiger partial charge in [-0.3, -0.25) is 4.21 Å². The molecule has 0 aromatic carbocycles. The van der Waals surface area contributed by atoms with Gasteiger partial charge in [-0.15, -0.1) is 0 Å². The molecule has 1 rings (SSSR count). The Morgan fingerprint density at radius 2 is 2.00 bits per heavy atom. The molecule has 96 valence electrons. The molecule has 1 heterocycles. The van der Waals surface area contributed by atoms with E-state index < -0.39 is 10.8 Å². The monoisotopic (exact) mass is 247 g/mol. The van der Waals surface area contributed by atoms with Gasteiger partial charge in [0.15, 0.2) is 0 Å². The van der Waals surface area contributed by atoms with Gasteiger partial charge in [-0.2, -0.15) is 0 Å². The highest BCUT2D eigenvalue weighted by atomic mass is 32.2. The number of hydrogen-bond acceptors (Lipinski definition) is 3. The molecule has 0 spiro atoms. The Labute approximate surface area is 102 Å². The first-order valence-corrected chi connectivity index (χ1v) is 7.61. The summed E-state index contributed by atoms with van der Waals surface area (Å²) in [7, 11) is -0.743. The molecule has 0 saturated carbocycles. The fourth-order valence-electron chi connectivity index (χ4n) is 2.57. The molecule has 3 nitrogen and oxygen atoms in total. The second-order valence-electron chi connectivity index (χ2n) is 6.03. The molecule has 0 aromatic heterocycles. The van der Waals surface area contributed by atoms with Crippen molar-refractivity contribution in [3.05, 3.63) is 0 Å². The lowest BCUT2D eigenvalue weighted by Crippen LogP contribution is -2.48. The van der Waals surface area contributed by atoms with Crippen molar-refractivity contribution in [2.45, 2.75) is 64.3 Å². The van der Waals surface area contributed by atoms with Crippen LogP contribution in [-0.2, 0) is 15.5 Å². The maximum atomic E-state index is 11.2. The van der Waals surface area contributed by atoms with Gasteiger partial charge in [0.05, 0.1) is 11.2 Å². The largest absolute Gasteiger partial charge is 0.368 e. The van der Waals surface area contributed by atoms with E-state index in [-0.39, 0.29) is 17.2 Å². The molecule has 0 bridgehead atoms. The molecule has 1 saturated heterocycles. The lowest BCUT2D eigenvalue weighted by molar-refractivity contribution is -0.0702. The Bertz CT molecular complexity index is 276. The zero-order chi connectivity index (χ0) is 12.6. The standard InChI is InChI=1S/C12H25NO2S/c1-9(8-16(6)14)13-10-7-11(2,3)15-12(10,4)5/h9-10,13H,7-8H2,1-6H3. The van der Waals surface area contributed by atoms with Crippen LogP contribution in [0.1, 0.15) is 41.0 Å². The normalized spacial score (nSPS) is 31.2. The first-order chi connectivity index (χ1) is 7.12. The van der Waals surface area contributed by atoms with Crippen LogP contribution in [0.15, 0.2) is 0 Å². The minimum atomic E-state index is -0.743. The molecule has 3 atom stereocenters. The molecule has 4 heteroatoms. The average molecular weight is 247 g/mol. The smallest absolute Gasteiger partial charge is 0.0787 e. The predicted octanol–water partition coefficient (Wildman–Crippen LogP) is 1.69. The molecule has 3 unspecified atom stereocenters. The topological polar surface area (TPSA) is 38.3 Å². The van der Waals surface area contributed by atoms with Gasteiger partial charge < -0.3 is 10.1 Å². The molecule has 16 heavy (non-hydrogen) atoms. The predicted molar refractivity (Wildman–Crippen MR) is 69.2 cm³/mol. The molecule has 1 fully saturated rings. The highest BCUT2D eigenvalue weighted by molar-refractivity contribution is 7.84. The summed E-state index contributed by atoms with van der Waals surface area (Å²) in [6.45, 7) is 10.6. The zero-order valence-corrected chi connectivity index (χ0v) is 12.1. The number of hydrogen-bond donors (Lipinski definition) is 1. The summed E-state index contributed by atoms with van der Waals surface area (Å²) in [5.41, 5.74) is -0.209. The lowest BCUT2D eigenvalue weighted by atomic mass is 9.94. The zero-order valence-electron chi connectivity index (χ0n) is 11.3. The summed E-state index contributed by atoms with van der Waals surface area (Å²) < 4.78 is 17.2. The molecular formula is C12H25NO2S. The van der Waals surface area contributed by atoms with Gasteiger partial charge in [-0.1, -0.05) is 0 Å². The van der Waals surface area contributed by atoms with Crippen LogP contribution in [0.2, 0.25) is 0 Å². The van der Waals surface area contributed by atoms with Gasteiger partial charge in [0.25, 0.3) is 0 Å². The van der Waals surface area contributed by atoms with Crippen molar-refractivity contribution in [2.75, 3.05) is 12.0 Å². The Morgan fingerprint density at radius 1 is 1.44 bits per heavy atom. The van der Waals surface area contributed by atoms with Gasteiger partial charge >= 0.3 is 0 Å². The minimum Gasteiger partial charge on any atom is -0.368 e. The molecule has 1 aliphatic heterocycles. The summed E-state index contributed by atoms with van der Waals surface area (Å²) in [6, 6.07) is 0.605. The van der Waals surface area contributed by atoms with E-state index in [0.29, 0.717) is 11.8 Å². The summed E-state index contributed by atoms with van der Waals surface area (Å²) >= 11 is 0.